The number of carbonyl (C=O) groups excluding carboxylic acids is 1. The number of fused-ring (bicyclic) bond motifs is 4. The molecule has 6 rings (SSSR count). The highest BCUT2D eigenvalue weighted by Gasteiger charge is 2.63. The van der Waals surface area contributed by atoms with Crippen molar-refractivity contribution in [2.24, 2.45) is 5.16 Å². The van der Waals surface area contributed by atoms with Gasteiger partial charge in [-0.3, -0.25) is 9.69 Å². The maximum Gasteiger partial charge on any atom is 0.406 e. The molecule has 3 aliphatic rings. The second-order valence-corrected chi connectivity index (χ2v) is 9.60. The van der Waals surface area contributed by atoms with Crippen LogP contribution < -0.4 is 9.64 Å². The third-order valence-electron chi connectivity index (χ3n) is 7.04. The number of aryl methyl sites for hydroxylation is 1. The second-order valence-electron chi connectivity index (χ2n) is 9.60. The van der Waals surface area contributed by atoms with Crippen LogP contribution in [0.25, 0.3) is 11.8 Å². The zero-order valence-electron chi connectivity index (χ0n) is 21.0. The average molecular weight is 542 g/mol. The van der Waals surface area contributed by atoms with E-state index < -0.39 is 30.2 Å². The van der Waals surface area contributed by atoms with E-state index in [4.69, 9.17) is 9.57 Å². The second kappa shape index (κ2) is 8.85. The van der Waals surface area contributed by atoms with E-state index in [0.29, 0.717) is 35.9 Å². The van der Waals surface area contributed by atoms with E-state index in [1.54, 1.807) is 18.3 Å². The lowest BCUT2D eigenvalue weighted by atomic mass is 9.95. The molecule has 1 fully saturated rings. The van der Waals surface area contributed by atoms with Gasteiger partial charge in [-0.2, -0.15) is 13.2 Å². The molecule has 12 heteroatoms. The highest BCUT2D eigenvalue weighted by Crippen LogP contribution is 2.50. The minimum Gasteiger partial charge on any atom is -0.495 e. The maximum atomic E-state index is 14.3. The summed E-state index contributed by atoms with van der Waals surface area (Å²) in [5, 5.41) is 4.17. The predicted octanol–water partition coefficient (Wildman–Crippen LogP) is 4.91. The summed E-state index contributed by atoms with van der Waals surface area (Å²) in [6.45, 7) is 0.655. The zero-order chi connectivity index (χ0) is 27.5. The van der Waals surface area contributed by atoms with Crippen molar-refractivity contribution in [2.45, 2.75) is 31.7 Å². The molecular weight excluding hydrogens is 518 g/mol. The molecule has 8 nitrogen and oxygen atoms in total. The van der Waals surface area contributed by atoms with Crippen LogP contribution in [0.2, 0.25) is 0 Å². The molecule has 202 valence electrons. The molecule has 0 bridgehead atoms. The van der Waals surface area contributed by atoms with Crippen molar-refractivity contribution in [3.63, 3.8) is 0 Å². The molecule has 3 aromatic rings. The summed E-state index contributed by atoms with van der Waals surface area (Å²) in [4.78, 5) is 25.6. The number of aromatic nitrogens is 2. The summed E-state index contributed by atoms with van der Waals surface area (Å²) in [7, 11) is 1.56. The van der Waals surface area contributed by atoms with Crippen molar-refractivity contribution in [3.8, 4) is 11.4 Å². The Morgan fingerprint density at radius 1 is 1.18 bits per heavy atom. The van der Waals surface area contributed by atoms with Crippen LogP contribution in [0.5, 0.6) is 5.75 Å². The van der Waals surface area contributed by atoms with Crippen molar-refractivity contribution < 1.29 is 31.9 Å². The van der Waals surface area contributed by atoms with Gasteiger partial charge in [-0.05, 0) is 67.3 Å². The number of amides is 1. The number of hydrogen-bond acceptors (Lipinski definition) is 6. The van der Waals surface area contributed by atoms with E-state index >= 15 is 0 Å². The molecule has 0 aliphatic carbocycles. The fourth-order valence-electron chi connectivity index (χ4n) is 5.39. The first-order valence-electron chi connectivity index (χ1n) is 12.2. The number of methoxy groups -OCH3 is 1. The maximum absolute atomic E-state index is 14.3. The normalized spacial score (nSPS) is 21.3. The Hall–Kier alpha value is -4.35. The first-order chi connectivity index (χ1) is 18.6. The molecular formula is C27H23F4N5O3. The first kappa shape index (κ1) is 25.0. The minimum atomic E-state index is -4.66. The van der Waals surface area contributed by atoms with Crippen LogP contribution in [0, 0.1) is 12.7 Å². The van der Waals surface area contributed by atoms with E-state index in [-0.39, 0.29) is 11.3 Å². The van der Waals surface area contributed by atoms with Gasteiger partial charge in [-0.1, -0.05) is 11.2 Å². The Balaban J connectivity index is 1.37. The number of rotatable bonds is 4. The van der Waals surface area contributed by atoms with Gasteiger partial charge in [-0.25, -0.2) is 9.37 Å². The van der Waals surface area contributed by atoms with Gasteiger partial charge in [0, 0.05) is 12.7 Å². The van der Waals surface area contributed by atoms with Crippen molar-refractivity contribution in [1.29, 1.82) is 0 Å². The lowest BCUT2D eigenvalue weighted by Gasteiger charge is -2.36. The molecule has 1 aromatic heterocycles. The van der Waals surface area contributed by atoms with Gasteiger partial charge in [0.15, 0.2) is 5.84 Å². The molecule has 1 spiro atoms. The quantitative estimate of drug-likeness (QED) is 0.439. The molecule has 3 aliphatic heterocycles. The fourth-order valence-corrected chi connectivity index (χ4v) is 5.39. The fraction of sp³-hybridized carbons (Fsp3) is 0.296. The molecule has 1 atom stereocenters. The first-order valence-corrected chi connectivity index (χ1v) is 12.2. The van der Waals surface area contributed by atoms with Crippen molar-refractivity contribution >= 4 is 23.5 Å². The number of alkyl halides is 3. The van der Waals surface area contributed by atoms with E-state index in [1.165, 1.54) is 6.07 Å². The average Bonchev–Trinajstić information content (AvgIpc) is 3.56. The van der Waals surface area contributed by atoms with Crippen molar-refractivity contribution in [1.82, 2.24) is 14.5 Å². The number of hydrogen-bond donors (Lipinski definition) is 0. The number of carbonyl (C=O) groups is 1. The molecule has 0 radical (unpaired) electrons. The van der Waals surface area contributed by atoms with Gasteiger partial charge < -0.3 is 19.0 Å². The van der Waals surface area contributed by atoms with Crippen molar-refractivity contribution in [2.75, 3.05) is 25.1 Å². The summed E-state index contributed by atoms with van der Waals surface area (Å²) < 4.78 is 61.9. The summed E-state index contributed by atoms with van der Waals surface area (Å²) in [6, 6.07) is 8.86. The molecule has 4 heterocycles. The van der Waals surface area contributed by atoms with Gasteiger partial charge in [0.1, 0.15) is 18.1 Å². The number of ether oxygens (including phenoxy) is 1. The van der Waals surface area contributed by atoms with Crippen LogP contribution in [-0.4, -0.2) is 52.6 Å². The Bertz CT molecular complexity index is 1550. The van der Waals surface area contributed by atoms with Gasteiger partial charge in [0.25, 0.3) is 0 Å². The van der Waals surface area contributed by atoms with Crippen LogP contribution in [0.15, 0.2) is 59.7 Å². The van der Waals surface area contributed by atoms with Gasteiger partial charge in [0.05, 0.1) is 36.1 Å². The molecule has 1 saturated heterocycles. The van der Waals surface area contributed by atoms with E-state index in [1.807, 2.05) is 42.0 Å². The van der Waals surface area contributed by atoms with Crippen LogP contribution in [-0.2, 0) is 15.4 Å². The lowest BCUT2D eigenvalue weighted by molar-refractivity contribution is -0.162. The molecule has 1 amide bonds. The van der Waals surface area contributed by atoms with Crippen LogP contribution in [0.3, 0.4) is 0 Å². The Morgan fingerprint density at radius 3 is 2.69 bits per heavy atom. The largest absolute Gasteiger partial charge is 0.495 e. The number of oxime groups is 1. The molecule has 2 aromatic carbocycles. The highest BCUT2D eigenvalue weighted by atomic mass is 19.4. The number of anilines is 1. The molecule has 0 N–H and O–H groups in total. The third-order valence-corrected chi connectivity index (χ3v) is 7.04. The Labute approximate surface area is 220 Å². The van der Waals surface area contributed by atoms with Crippen LogP contribution in [0.4, 0.5) is 23.2 Å². The zero-order valence-corrected chi connectivity index (χ0v) is 21.0. The number of amidine groups is 1. The summed E-state index contributed by atoms with van der Waals surface area (Å²) in [5.41, 5.74) is 1.11. The van der Waals surface area contributed by atoms with Gasteiger partial charge in [0.2, 0.25) is 0 Å². The molecule has 1 unspecified atom stereocenters. The van der Waals surface area contributed by atoms with E-state index in [2.05, 4.69) is 10.1 Å². The number of nitrogens with zero attached hydrogens (tertiary/aromatic N) is 5. The van der Waals surface area contributed by atoms with Crippen LogP contribution in [0.1, 0.15) is 29.7 Å². The monoisotopic (exact) mass is 541 g/mol. The van der Waals surface area contributed by atoms with E-state index in [0.717, 1.165) is 34.7 Å². The molecule has 39 heavy (non-hydrogen) atoms. The van der Waals surface area contributed by atoms with Crippen molar-refractivity contribution in [3.05, 3.63) is 77.1 Å². The lowest BCUT2D eigenvalue weighted by Crippen LogP contribution is -2.55. The predicted molar refractivity (Wildman–Crippen MR) is 134 cm³/mol. The summed E-state index contributed by atoms with van der Waals surface area (Å²) in [6.07, 6.45) is 1.95. The molecule has 0 saturated carbocycles. The summed E-state index contributed by atoms with van der Waals surface area (Å²) >= 11 is 0. The Kier molecular flexibility index (Phi) is 5.67. The third kappa shape index (κ3) is 4.01. The SMILES string of the molecule is COc1cc(/C=C2\CCCN3C2=NOC32C(=O)N(CC(F)(F)F)c3ccc(F)cc32)ccc1-n1cnc(C)c1. The smallest absolute Gasteiger partial charge is 0.406 e. The number of halogens is 4. The minimum absolute atomic E-state index is 0.00148. The number of benzene rings is 2. The van der Waals surface area contributed by atoms with E-state index in [9.17, 15) is 22.4 Å². The topological polar surface area (TPSA) is 72.2 Å². The highest BCUT2D eigenvalue weighted by molar-refractivity contribution is 6.13. The number of imidazole rings is 1. The Morgan fingerprint density at radius 2 is 1.97 bits per heavy atom. The number of piperidine rings is 1. The van der Waals surface area contributed by atoms with Gasteiger partial charge in [-0.15, -0.1) is 0 Å². The standard InChI is InChI=1S/C27H23F4N5O3/c1-16-13-34(15-32-16)22-7-5-17(11-23(22)38-2)10-18-4-3-9-36-24(18)33-39-27(36)20-12-19(28)6-8-21(20)35(25(27)37)14-26(29,30)31/h5-8,10-13,15H,3-4,9,14H2,1-2H3/b18-10+. The van der Waals surface area contributed by atoms with Gasteiger partial charge >= 0.3 is 17.8 Å². The summed E-state index contributed by atoms with van der Waals surface area (Å²) in [5.74, 6) is -0.720. The van der Waals surface area contributed by atoms with Crippen LogP contribution >= 0.6 is 0 Å².